The van der Waals surface area contributed by atoms with E-state index in [-0.39, 0.29) is 6.04 Å². The highest BCUT2D eigenvalue weighted by Gasteiger charge is 2.06. The Kier molecular flexibility index (Phi) is 4.15. The first kappa shape index (κ1) is 13.1. The topological polar surface area (TPSA) is 85.1 Å². The van der Waals surface area contributed by atoms with Crippen molar-refractivity contribution in [3.8, 4) is 5.75 Å². The van der Waals surface area contributed by atoms with E-state index in [4.69, 9.17) is 10.6 Å². The third kappa shape index (κ3) is 3.32. The van der Waals surface area contributed by atoms with Gasteiger partial charge in [-0.15, -0.1) is 0 Å². The average Bonchev–Trinajstić information content (AvgIpc) is 2.47. The van der Waals surface area contributed by atoms with Gasteiger partial charge in [-0.1, -0.05) is 12.1 Å². The van der Waals surface area contributed by atoms with Gasteiger partial charge >= 0.3 is 0 Å². The van der Waals surface area contributed by atoms with Crippen LogP contribution in [0.25, 0.3) is 0 Å². The molecule has 6 nitrogen and oxygen atoms in total. The lowest BCUT2D eigenvalue weighted by Crippen LogP contribution is -2.13. The lowest BCUT2D eigenvalue weighted by molar-refractivity contribution is 0.414. The predicted molar refractivity (Wildman–Crippen MR) is 74.9 cm³/mol. The van der Waals surface area contributed by atoms with Crippen molar-refractivity contribution in [2.45, 2.75) is 13.0 Å². The van der Waals surface area contributed by atoms with Gasteiger partial charge in [-0.05, 0) is 30.7 Å². The molecule has 2 rings (SSSR count). The molecule has 0 bridgehead atoms. The molecule has 0 aliphatic carbocycles. The largest absolute Gasteiger partial charge is 0.497 e. The van der Waals surface area contributed by atoms with E-state index in [2.05, 4.69) is 27.6 Å². The zero-order valence-corrected chi connectivity index (χ0v) is 10.9. The Labute approximate surface area is 112 Å². The number of benzene rings is 1. The molecule has 6 heteroatoms. The molecule has 1 unspecified atom stereocenters. The van der Waals surface area contributed by atoms with Gasteiger partial charge in [0, 0.05) is 12.2 Å². The summed E-state index contributed by atoms with van der Waals surface area (Å²) in [5.74, 6) is 7.21. The Morgan fingerprint density at radius 2 is 1.95 bits per heavy atom. The quantitative estimate of drug-likeness (QED) is 0.562. The van der Waals surface area contributed by atoms with Crippen LogP contribution in [-0.2, 0) is 0 Å². The summed E-state index contributed by atoms with van der Waals surface area (Å²) in [4.78, 5) is 8.16. The molecule has 0 aliphatic heterocycles. The number of hydrogen-bond acceptors (Lipinski definition) is 6. The molecule has 0 fully saturated rings. The lowest BCUT2D eigenvalue weighted by atomic mass is 10.1. The van der Waals surface area contributed by atoms with E-state index in [0.717, 1.165) is 11.3 Å². The zero-order chi connectivity index (χ0) is 13.7. The minimum absolute atomic E-state index is 0.117. The average molecular weight is 259 g/mol. The summed E-state index contributed by atoms with van der Waals surface area (Å²) in [6, 6.07) is 9.80. The van der Waals surface area contributed by atoms with Crippen LogP contribution in [0.4, 0.5) is 11.8 Å². The maximum atomic E-state index is 5.28. The fourth-order valence-corrected chi connectivity index (χ4v) is 1.71. The SMILES string of the molecule is COc1ccc(C(C)Nc2ccnc(NN)n2)cc1. The summed E-state index contributed by atoms with van der Waals surface area (Å²) in [6.45, 7) is 2.06. The Hall–Kier alpha value is -2.34. The maximum Gasteiger partial charge on any atom is 0.239 e. The number of nitrogens with two attached hydrogens (primary N) is 1. The summed E-state index contributed by atoms with van der Waals surface area (Å²) in [7, 11) is 1.65. The molecule has 1 heterocycles. The number of rotatable bonds is 5. The predicted octanol–water partition coefficient (Wildman–Crippen LogP) is 1.94. The van der Waals surface area contributed by atoms with Crippen molar-refractivity contribution in [2.75, 3.05) is 17.9 Å². The second-order valence-electron chi connectivity index (χ2n) is 4.05. The molecule has 1 atom stereocenters. The molecule has 0 radical (unpaired) electrons. The fraction of sp³-hybridized carbons (Fsp3) is 0.231. The van der Waals surface area contributed by atoms with E-state index in [9.17, 15) is 0 Å². The number of nitrogen functional groups attached to an aromatic ring is 1. The van der Waals surface area contributed by atoms with Crippen molar-refractivity contribution in [1.82, 2.24) is 9.97 Å². The molecule has 100 valence electrons. The van der Waals surface area contributed by atoms with E-state index < -0.39 is 0 Å². The number of hydrazine groups is 1. The molecule has 1 aromatic heterocycles. The molecule has 2 aromatic rings. The van der Waals surface area contributed by atoms with Crippen LogP contribution >= 0.6 is 0 Å². The van der Waals surface area contributed by atoms with Crippen LogP contribution in [0, 0.1) is 0 Å². The van der Waals surface area contributed by atoms with Crippen LogP contribution in [-0.4, -0.2) is 17.1 Å². The molecule has 0 saturated carbocycles. The smallest absolute Gasteiger partial charge is 0.239 e. The zero-order valence-electron chi connectivity index (χ0n) is 10.9. The van der Waals surface area contributed by atoms with Crippen LogP contribution in [0.15, 0.2) is 36.5 Å². The highest BCUT2D eigenvalue weighted by Crippen LogP contribution is 2.20. The fourth-order valence-electron chi connectivity index (χ4n) is 1.71. The Morgan fingerprint density at radius 1 is 1.21 bits per heavy atom. The van der Waals surface area contributed by atoms with Crippen molar-refractivity contribution in [2.24, 2.45) is 5.84 Å². The highest BCUT2D eigenvalue weighted by molar-refractivity contribution is 5.42. The summed E-state index contributed by atoms with van der Waals surface area (Å²) in [6.07, 6.45) is 1.64. The molecule has 0 saturated heterocycles. The van der Waals surface area contributed by atoms with E-state index in [0.29, 0.717) is 11.8 Å². The van der Waals surface area contributed by atoms with Crippen molar-refractivity contribution < 1.29 is 4.74 Å². The highest BCUT2D eigenvalue weighted by atomic mass is 16.5. The third-order valence-electron chi connectivity index (χ3n) is 2.76. The summed E-state index contributed by atoms with van der Waals surface area (Å²) >= 11 is 0. The van der Waals surface area contributed by atoms with Crippen molar-refractivity contribution in [3.05, 3.63) is 42.1 Å². The van der Waals surface area contributed by atoms with Crippen LogP contribution in [0.2, 0.25) is 0 Å². The van der Waals surface area contributed by atoms with Gasteiger partial charge in [0.1, 0.15) is 11.6 Å². The minimum atomic E-state index is 0.117. The van der Waals surface area contributed by atoms with Crippen LogP contribution in [0.3, 0.4) is 0 Å². The van der Waals surface area contributed by atoms with Crippen LogP contribution < -0.4 is 21.3 Å². The van der Waals surface area contributed by atoms with E-state index >= 15 is 0 Å². The molecule has 0 amide bonds. The second-order valence-corrected chi connectivity index (χ2v) is 4.05. The first-order chi connectivity index (χ1) is 9.22. The minimum Gasteiger partial charge on any atom is -0.497 e. The van der Waals surface area contributed by atoms with Crippen LogP contribution in [0.1, 0.15) is 18.5 Å². The van der Waals surface area contributed by atoms with Crippen molar-refractivity contribution in [1.29, 1.82) is 0 Å². The van der Waals surface area contributed by atoms with Crippen molar-refractivity contribution >= 4 is 11.8 Å². The van der Waals surface area contributed by atoms with Gasteiger partial charge in [0.25, 0.3) is 0 Å². The number of aromatic nitrogens is 2. The Morgan fingerprint density at radius 3 is 2.58 bits per heavy atom. The number of nitrogens with zero attached hydrogens (tertiary/aromatic N) is 2. The molecule has 4 N–H and O–H groups in total. The Balaban J connectivity index is 2.08. The van der Waals surface area contributed by atoms with E-state index in [1.807, 2.05) is 24.3 Å². The second kappa shape index (κ2) is 6.01. The van der Waals surface area contributed by atoms with Gasteiger partial charge < -0.3 is 10.1 Å². The third-order valence-corrected chi connectivity index (χ3v) is 2.76. The molecule has 19 heavy (non-hydrogen) atoms. The lowest BCUT2D eigenvalue weighted by Gasteiger charge is -2.15. The van der Waals surface area contributed by atoms with Gasteiger partial charge in [-0.3, -0.25) is 5.43 Å². The summed E-state index contributed by atoms with van der Waals surface area (Å²) < 4.78 is 5.13. The molecule has 0 spiro atoms. The summed E-state index contributed by atoms with van der Waals surface area (Å²) in [5.41, 5.74) is 3.56. The van der Waals surface area contributed by atoms with Gasteiger partial charge in [-0.2, -0.15) is 4.98 Å². The first-order valence-electron chi connectivity index (χ1n) is 5.93. The number of hydrogen-bond donors (Lipinski definition) is 3. The molecular formula is C13H17N5O. The summed E-state index contributed by atoms with van der Waals surface area (Å²) in [5, 5.41) is 3.28. The maximum absolute atomic E-state index is 5.28. The molecular weight excluding hydrogens is 242 g/mol. The van der Waals surface area contributed by atoms with E-state index in [1.54, 1.807) is 19.4 Å². The van der Waals surface area contributed by atoms with E-state index in [1.165, 1.54) is 0 Å². The standard InChI is InChI=1S/C13H17N5O/c1-9(10-3-5-11(19-2)6-4-10)16-12-7-8-15-13(17-12)18-14/h3-9H,14H2,1-2H3,(H2,15,16,17,18). The van der Waals surface area contributed by atoms with Gasteiger partial charge in [0.05, 0.1) is 7.11 Å². The number of nitrogens with one attached hydrogen (secondary N) is 2. The van der Waals surface area contributed by atoms with Gasteiger partial charge in [-0.25, -0.2) is 10.8 Å². The van der Waals surface area contributed by atoms with Crippen LogP contribution in [0.5, 0.6) is 5.75 Å². The number of methoxy groups -OCH3 is 1. The number of anilines is 2. The van der Waals surface area contributed by atoms with Crippen molar-refractivity contribution in [3.63, 3.8) is 0 Å². The molecule has 0 aliphatic rings. The molecule has 1 aromatic carbocycles. The van der Waals surface area contributed by atoms with Gasteiger partial charge in [0.15, 0.2) is 0 Å². The van der Waals surface area contributed by atoms with Gasteiger partial charge in [0.2, 0.25) is 5.95 Å². The Bertz CT molecular complexity index is 529. The first-order valence-corrected chi connectivity index (χ1v) is 5.93. The number of ether oxygens (including phenoxy) is 1. The normalized spacial score (nSPS) is 11.7. The monoisotopic (exact) mass is 259 g/mol.